The summed E-state index contributed by atoms with van der Waals surface area (Å²) in [6.45, 7) is 20.4. The minimum absolute atomic E-state index is 0.00180. The molecule has 1 aliphatic rings. The van der Waals surface area contributed by atoms with Crippen molar-refractivity contribution >= 4 is 9.84 Å². The largest absolute Gasteiger partial charge is 0.507 e. The van der Waals surface area contributed by atoms with Crippen LogP contribution in [-0.4, -0.2) is 37.4 Å². The number of benzene rings is 2. The second-order valence-corrected chi connectivity index (χ2v) is 16.2. The van der Waals surface area contributed by atoms with Gasteiger partial charge in [-0.15, -0.1) is 0 Å². The van der Waals surface area contributed by atoms with Crippen LogP contribution in [-0.2, 0) is 19.3 Å². The third-order valence-corrected chi connectivity index (χ3v) is 12.4. The third kappa shape index (κ3) is 7.01. The number of aliphatic hydroxyl groups is 1. The number of sulfone groups is 1. The van der Waals surface area contributed by atoms with Crippen molar-refractivity contribution < 1.29 is 28.1 Å². The molecule has 1 saturated heterocycles. The van der Waals surface area contributed by atoms with Gasteiger partial charge in [0.1, 0.15) is 5.75 Å². The molecule has 2 aromatic carbocycles. The zero-order chi connectivity index (χ0) is 30.9. The molecule has 1 heterocycles. The highest BCUT2D eigenvalue weighted by atomic mass is 32.2. The fraction of sp³-hybridized carbons (Fsp3) is 0.647. The second-order valence-electron chi connectivity index (χ2n) is 14.2. The SMILES string of the molecule is CCC1CC(C(C)(C)C(C)(C)CCC(C)(C)C(C)(C)CCO)OC(c2cc(S(=O)(=O)c3ccccc3)ccc2O)O1. The first-order valence-electron chi connectivity index (χ1n) is 14.9. The standard InChI is InChI=1S/C34H52O6S/c1-10-24-22-29(34(8,9)33(6,7)19-18-31(2,3)32(4,5)20-21-35)40-30(39-24)27-23-26(16-17-28(27)36)41(37,38)25-14-12-11-13-15-25/h11-17,23-24,29-30,35-36H,10,18-22H2,1-9H3. The van der Waals surface area contributed by atoms with Gasteiger partial charge in [-0.2, -0.15) is 0 Å². The fourth-order valence-corrected chi connectivity index (χ4v) is 6.86. The van der Waals surface area contributed by atoms with E-state index in [9.17, 15) is 18.6 Å². The van der Waals surface area contributed by atoms with Crippen molar-refractivity contribution in [2.75, 3.05) is 6.61 Å². The Bertz CT molecular complexity index is 1260. The molecule has 3 atom stereocenters. The van der Waals surface area contributed by atoms with Crippen LogP contribution in [0.5, 0.6) is 5.75 Å². The van der Waals surface area contributed by atoms with Crippen LogP contribution in [0.1, 0.15) is 106 Å². The lowest BCUT2D eigenvalue weighted by molar-refractivity contribution is -0.280. The number of hydrogen-bond donors (Lipinski definition) is 2. The molecule has 6 nitrogen and oxygen atoms in total. The molecule has 0 radical (unpaired) electrons. The Morgan fingerprint density at radius 3 is 1.98 bits per heavy atom. The summed E-state index contributed by atoms with van der Waals surface area (Å²) in [7, 11) is -3.78. The van der Waals surface area contributed by atoms with Crippen molar-refractivity contribution in [1.29, 1.82) is 0 Å². The topological polar surface area (TPSA) is 93.1 Å². The van der Waals surface area contributed by atoms with E-state index in [4.69, 9.17) is 9.47 Å². The summed E-state index contributed by atoms with van der Waals surface area (Å²) in [4.78, 5) is 0.283. The van der Waals surface area contributed by atoms with Crippen LogP contribution >= 0.6 is 0 Å². The predicted octanol–water partition coefficient (Wildman–Crippen LogP) is 8.08. The molecule has 0 saturated carbocycles. The van der Waals surface area contributed by atoms with Gasteiger partial charge in [-0.25, -0.2) is 8.42 Å². The minimum atomic E-state index is -3.78. The quantitative estimate of drug-likeness (QED) is 0.260. The van der Waals surface area contributed by atoms with Gasteiger partial charge in [0.25, 0.3) is 0 Å². The Morgan fingerprint density at radius 2 is 1.39 bits per heavy atom. The van der Waals surface area contributed by atoms with E-state index in [1.807, 2.05) is 0 Å². The number of ether oxygens (including phenoxy) is 2. The maximum atomic E-state index is 13.3. The smallest absolute Gasteiger partial charge is 0.206 e. The van der Waals surface area contributed by atoms with E-state index in [1.54, 1.807) is 30.3 Å². The zero-order valence-corrected chi connectivity index (χ0v) is 27.3. The van der Waals surface area contributed by atoms with Crippen LogP contribution in [0.15, 0.2) is 58.3 Å². The molecule has 2 aromatic rings. The monoisotopic (exact) mass is 588 g/mol. The highest BCUT2D eigenvalue weighted by molar-refractivity contribution is 7.91. The lowest BCUT2D eigenvalue weighted by Crippen LogP contribution is -2.49. The minimum Gasteiger partial charge on any atom is -0.507 e. The maximum Gasteiger partial charge on any atom is 0.206 e. The number of phenolic OH excluding ortho intramolecular Hbond substituents is 1. The van der Waals surface area contributed by atoms with E-state index < -0.39 is 16.1 Å². The van der Waals surface area contributed by atoms with Gasteiger partial charge in [0.2, 0.25) is 9.84 Å². The average Bonchev–Trinajstić information content (AvgIpc) is 2.92. The summed E-state index contributed by atoms with van der Waals surface area (Å²) in [5, 5.41) is 20.5. The number of phenols is 1. The molecule has 0 aliphatic carbocycles. The van der Waals surface area contributed by atoms with Crippen molar-refractivity contribution in [3.8, 4) is 5.75 Å². The molecule has 3 rings (SSSR count). The van der Waals surface area contributed by atoms with E-state index in [0.717, 1.165) is 25.7 Å². The highest BCUT2D eigenvalue weighted by Gasteiger charge is 2.49. The first kappa shape index (κ1) is 33.6. The molecule has 0 amide bonds. The summed E-state index contributed by atoms with van der Waals surface area (Å²) >= 11 is 0. The molecular formula is C34H52O6S. The summed E-state index contributed by atoms with van der Waals surface area (Å²) in [6, 6.07) is 12.6. The normalized spacial score (nSPS) is 21.2. The van der Waals surface area contributed by atoms with Gasteiger partial charge in [-0.3, -0.25) is 0 Å². The Balaban J connectivity index is 1.90. The predicted molar refractivity (Wildman–Crippen MR) is 163 cm³/mol. The highest BCUT2D eigenvalue weighted by Crippen LogP contribution is 2.54. The van der Waals surface area contributed by atoms with Gasteiger partial charge in [0.15, 0.2) is 6.29 Å². The Hall–Kier alpha value is -1.93. The Kier molecular flexibility index (Phi) is 10.1. The van der Waals surface area contributed by atoms with Gasteiger partial charge in [-0.05, 0) is 77.7 Å². The Morgan fingerprint density at radius 1 is 0.805 bits per heavy atom. The van der Waals surface area contributed by atoms with Crippen LogP contribution in [0, 0.1) is 21.7 Å². The molecule has 1 aliphatic heterocycles. The van der Waals surface area contributed by atoms with Crippen LogP contribution < -0.4 is 0 Å². The van der Waals surface area contributed by atoms with Crippen LogP contribution in [0.2, 0.25) is 0 Å². The molecule has 0 bridgehead atoms. The molecule has 230 valence electrons. The van der Waals surface area contributed by atoms with E-state index in [1.165, 1.54) is 18.2 Å². The van der Waals surface area contributed by atoms with E-state index >= 15 is 0 Å². The maximum absolute atomic E-state index is 13.3. The van der Waals surface area contributed by atoms with Crippen molar-refractivity contribution in [2.45, 2.75) is 123 Å². The molecule has 1 fully saturated rings. The number of rotatable bonds is 12. The fourth-order valence-electron chi connectivity index (χ4n) is 5.54. The Labute approximate surface area is 248 Å². The summed E-state index contributed by atoms with van der Waals surface area (Å²) in [5.41, 5.74) is -0.0119. The van der Waals surface area contributed by atoms with Gasteiger partial charge in [0, 0.05) is 13.0 Å². The summed E-state index contributed by atoms with van der Waals surface area (Å²) in [6.07, 6.45) is 3.06. The van der Waals surface area contributed by atoms with Crippen molar-refractivity contribution in [1.82, 2.24) is 0 Å². The first-order valence-corrected chi connectivity index (χ1v) is 16.4. The second kappa shape index (κ2) is 12.4. The van der Waals surface area contributed by atoms with E-state index in [2.05, 4.69) is 62.3 Å². The number of aliphatic hydroxyl groups excluding tert-OH is 1. The van der Waals surface area contributed by atoms with E-state index in [-0.39, 0.29) is 56.0 Å². The lowest BCUT2D eigenvalue weighted by Gasteiger charge is -2.52. The van der Waals surface area contributed by atoms with Gasteiger partial charge in [-0.1, -0.05) is 80.5 Å². The summed E-state index contributed by atoms with van der Waals surface area (Å²) in [5.74, 6) is -0.0533. The van der Waals surface area contributed by atoms with Crippen molar-refractivity contribution in [2.24, 2.45) is 21.7 Å². The molecule has 2 N–H and O–H groups in total. The molecule has 7 heteroatoms. The lowest BCUT2D eigenvalue weighted by atomic mass is 9.57. The van der Waals surface area contributed by atoms with Crippen LogP contribution in [0.25, 0.3) is 0 Å². The van der Waals surface area contributed by atoms with Gasteiger partial charge in [0.05, 0.1) is 27.6 Å². The third-order valence-electron chi connectivity index (χ3n) is 10.6. The van der Waals surface area contributed by atoms with E-state index in [0.29, 0.717) is 12.0 Å². The molecule has 0 spiro atoms. The summed E-state index contributed by atoms with van der Waals surface area (Å²) < 4.78 is 39.6. The van der Waals surface area contributed by atoms with Crippen molar-refractivity contribution in [3.05, 3.63) is 54.1 Å². The number of aromatic hydroxyl groups is 1. The molecule has 0 aromatic heterocycles. The zero-order valence-electron chi connectivity index (χ0n) is 26.5. The van der Waals surface area contributed by atoms with Gasteiger partial charge >= 0.3 is 0 Å². The van der Waals surface area contributed by atoms with Crippen LogP contribution in [0.3, 0.4) is 0 Å². The molecule has 3 unspecified atom stereocenters. The number of hydrogen-bond acceptors (Lipinski definition) is 6. The van der Waals surface area contributed by atoms with Gasteiger partial charge < -0.3 is 19.7 Å². The average molecular weight is 589 g/mol. The van der Waals surface area contributed by atoms with Crippen LogP contribution in [0.4, 0.5) is 0 Å². The molecule has 41 heavy (non-hydrogen) atoms. The molecular weight excluding hydrogens is 536 g/mol. The van der Waals surface area contributed by atoms with Crippen molar-refractivity contribution in [3.63, 3.8) is 0 Å². The first-order chi connectivity index (χ1) is 18.9.